The number of aromatic nitrogens is 2. The fourth-order valence-electron chi connectivity index (χ4n) is 3.75. The highest BCUT2D eigenvalue weighted by atomic mass is 19.1. The Hall–Kier alpha value is -4.74. The van der Waals surface area contributed by atoms with Crippen molar-refractivity contribution < 1.29 is 18.8 Å². The molecule has 0 aliphatic carbocycles. The highest BCUT2D eigenvalue weighted by Crippen LogP contribution is 2.13. The first-order valence-electron chi connectivity index (χ1n) is 12.6. The van der Waals surface area contributed by atoms with Gasteiger partial charge >= 0.3 is 7.12 Å². The normalized spacial score (nSPS) is 11.4. The second kappa shape index (κ2) is 15.8. The van der Waals surface area contributed by atoms with Gasteiger partial charge in [-0.1, -0.05) is 12.1 Å². The Morgan fingerprint density at radius 1 is 0.707 bits per heavy atom. The van der Waals surface area contributed by atoms with Crippen molar-refractivity contribution in [3.63, 3.8) is 0 Å². The number of nitrogens with two attached hydrogens (primary N) is 2. The maximum absolute atomic E-state index is 12.7. The highest BCUT2D eigenvalue weighted by Gasteiger charge is 2.09. The van der Waals surface area contributed by atoms with Crippen molar-refractivity contribution >= 4 is 42.3 Å². The number of hydrogen-bond donors (Lipinski definition) is 5. The molecule has 0 radical (unpaired) electrons. The number of aliphatic imine (C=N–C) groups is 1. The van der Waals surface area contributed by atoms with Gasteiger partial charge in [-0.2, -0.15) is 0 Å². The maximum Gasteiger partial charge on any atom is 0.488 e. The van der Waals surface area contributed by atoms with Crippen LogP contribution in [0.5, 0.6) is 0 Å². The van der Waals surface area contributed by atoms with Crippen molar-refractivity contribution in [1.29, 1.82) is 5.41 Å². The van der Waals surface area contributed by atoms with E-state index in [2.05, 4.69) is 4.99 Å². The zero-order chi connectivity index (χ0) is 30.5. The van der Waals surface area contributed by atoms with Crippen LogP contribution in [0.2, 0.25) is 0 Å². The number of halogens is 2. The first kappa shape index (κ1) is 32.5. The van der Waals surface area contributed by atoms with Crippen LogP contribution < -0.4 is 16.9 Å². The minimum absolute atomic E-state index is 0.271. The molecule has 8 nitrogen and oxygen atoms in total. The number of hydrogen-bond acceptors (Lipinski definition) is 6. The highest BCUT2D eigenvalue weighted by molar-refractivity contribution is 6.58. The molecule has 0 spiro atoms. The Labute approximate surface area is 239 Å². The van der Waals surface area contributed by atoms with E-state index < -0.39 is 7.12 Å². The number of aryl methyl sites for hydroxylation is 4. The fraction of sp³-hybridized carbons (Fsp3) is 0.133. The van der Waals surface area contributed by atoms with Gasteiger partial charge in [0.15, 0.2) is 0 Å². The van der Waals surface area contributed by atoms with Crippen LogP contribution in [0.25, 0.3) is 11.6 Å². The second-order valence-corrected chi connectivity index (χ2v) is 8.93. The van der Waals surface area contributed by atoms with E-state index in [0.717, 1.165) is 22.8 Å². The number of nitrogens with zero attached hydrogens (tertiary/aromatic N) is 3. The van der Waals surface area contributed by atoms with Crippen molar-refractivity contribution in [3.05, 3.63) is 119 Å². The van der Waals surface area contributed by atoms with Gasteiger partial charge in [-0.05, 0) is 106 Å². The average molecular weight is 560 g/mol. The first-order chi connectivity index (χ1) is 19.4. The van der Waals surface area contributed by atoms with E-state index in [-0.39, 0.29) is 11.6 Å². The first-order valence-corrected chi connectivity index (χ1v) is 12.6. The second-order valence-electron chi connectivity index (χ2n) is 8.93. The summed E-state index contributed by atoms with van der Waals surface area (Å²) in [4.78, 5) is 4.20. The van der Waals surface area contributed by atoms with Crippen LogP contribution in [0.3, 0.4) is 0 Å². The monoisotopic (exact) mass is 560 g/mol. The lowest BCUT2D eigenvalue weighted by molar-refractivity contribution is 0.425. The molecule has 0 aliphatic rings. The predicted octanol–water partition coefficient (Wildman–Crippen LogP) is 4.42. The van der Waals surface area contributed by atoms with Gasteiger partial charge < -0.3 is 36.1 Å². The molecule has 0 saturated heterocycles. The van der Waals surface area contributed by atoms with Crippen LogP contribution in [-0.4, -0.2) is 38.7 Å². The predicted molar refractivity (Wildman–Crippen MR) is 164 cm³/mol. The summed E-state index contributed by atoms with van der Waals surface area (Å²) in [6.45, 7) is 7.95. The minimum Gasteiger partial charge on any atom is -0.423 e. The Balaban J connectivity index is 0.000000230. The molecule has 0 saturated carbocycles. The van der Waals surface area contributed by atoms with Crippen molar-refractivity contribution in [1.82, 2.24) is 9.13 Å². The van der Waals surface area contributed by atoms with Crippen LogP contribution in [0.15, 0.2) is 89.9 Å². The van der Waals surface area contributed by atoms with Gasteiger partial charge in [0.2, 0.25) is 0 Å². The standard InChI is InChI=1S/C15H16FN3.C9H13N3.C6H6BFO2/c1-11-3-4-12(2)19(11)15(17)9-10-18-14-7-5-13(16)6-8-14;1-7-3-4-8(2)12(7)9(11)5-6-10;8-6-3-1-5(2-4-6)7(9)10/h3-10H,17H2,1-2H3;3-6,10H,11H2,1-2H3;1-4,9-10H. The van der Waals surface area contributed by atoms with E-state index in [9.17, 15) is 8.78 Å². The van der Waals surface area contributed by atoms with Crippen LogP contribution in [0.4, 0.5) is 14.5 Å². The molecule has 2 aromatic carbocycles. The van der Waals surface area contributed by atoms with Crippen molar-refractivity contribution in [3.8, 4) is 0 Å². The molecule has 0 fully saturated rings. The molecule has 0 bridgehead atoms. The zero-order valence-corrected chi connectivity index (χ0v) is 23.5. The van der Waals surface area contributed by atoms with Crippen molar-refractivity contribution in [2.24, 2.45) is 16.5 Å². The number of allylic oxidation sites excluding steroid dienone is 2. The van der Waals surface area contributed by atoms with Crippen LogP contribution in [0.1, 0.15) is 22.8 Å². The Kier molecular flexibility index (Phi) is 12.5. The summed E-state index contributed by atoms with van der Waals surface area (Å²) in [7, 11) is -1.51. The van der Waals surface area contributed by atoms with E-state index in [1.165, 1.54) is 42.6 Å². The van der Waals surface area contributed by atoms with Gasteiger partial charge in [-0.25, -0.2) is 8.78 Å². The summed E-state index contributed by atoms with van der Waals surface area (Å²) in [5.74, 6) is 0.535. The summed E-state index contributed by atoms with van der Waals surface area (Å²) in [5, 5.41) is 24.0. The third-order valence-corrected chi connectivity index (χ3v) is 5.78. The molecule has 7 N–H and O–H groups in total. The lowest BCUT2D eigenvalue weighted by Gasteiger charge is -2.07. The van der Waals surface area contributed by atoms with E-state index >= 15 is 0 Å². The molecule has 11 heteroatoms. The number of rotatable bonds is 6. The summed E-state index contributed by atoms with van der Waals surface area (Å²) >= 11 is 0. The molecule has 2 heterocycles. The summed E-state index contributed by atoms with van der Waals surface area (Å²) in [6.07, 6.45) is 6.10. The van der Waals surface area contributed by atoms with Crippen molar-refractivity contribution in [2.45, 2.75) is 27.7 Å². The molecule has 2 aromatic heterocycles. The topological polar surface area (TPSA) is 139 Å². The zero-order valence-electron chi connectivity index (χ0n) is 23.5. The van der Waals surface area contributed by atoms with E-state index in [0.29, 0.717) is 22.8 Å². The van der Waals surface area contributed by atoms with Crippen LogP contribution in [0, 0.1) is 44.7 Å². The number of benzene rings is 2. The maximum atomic E-state index is 12.7. The molecule has 0 aliphatic heterocycles. The van der Waals surface area contributed by atoms with Gasteiger partial charge in [0.25, 0.3) is 0 Å². The van der Waals surface area contributed by atoms with Gasteiger partial charge in [0, 0.05) is 35.2 Å². The molecule has 0 atom stereocenters. The Morgan fingerprint density at radius 3 is 1.49 bits per heavy atom. The summed E-state index contributed by atoms with van der Waals surface area (Å²) in [6, 6.07) is 19.0. The molecule has 4 rings (SSSR count). The molecule has 4 aromatic rings. The number of nitrogens with one attached hydrogen (secondary N) is 1. The summed E-state index contributed by atoms with van der Waals surface area (Å²) in [5.41, 5.74) is 17.0. The molecular formula is C30H35BF2N6O2. The Bertz CT molecular complexity index is 1470. The third-order valence-electron chi connectivity index (χ3n) is 5.78. The molecule has 41 heavy (non-hydrogen) atoms. The fourth-order valence-corrected chi connectivity index (χ4v) is 3.75. The van der Waals surface area contributed by atoms with Gasteiger partial charge in [-0.3, -0.25) is 4.99 Å². The molecule has 214 valence electrons. The Morgan fingerprint density at radius 2 is 1.10 bits per heavy atom. The van der Waals surface area contributed by atoms with Crippen LogP contribution >= 0.6 is 0 Å². The summed E-state index contributed by atoms with van der Waals surface area (Å²) < 4.78 is 28.8. The lowest BCUT2D eigenvalue weighted by Crippen LogP contribution is -2.29. The van der Waals surface area contributed by atoms with Crippen molar-refractivity contribution in [2.75, 3.05) is 0 Å². The largest absolute Gasteiger partial charge is 0.488 e. The minimum atomic E-state index is -1.51. The van der Waals surface area contributed by atoms with Gasteiger partial charge in [-0.15, -0.1) is 0 Å². The SMILES string of the molecule is Cc1ccc(C)n1C(N)=CC=N.Cc1ccc(C)n1C(N)=CC=Nc1ccc(F)cc1.OB(O)c1ccc(F)cc1. The smallest absolute Gasteiger partial charge is 0.423 e. The van der Waals surface area contributed by atoms with Crippen LogP contribution in [-0.2, 0) is 0 Å². The average Bonchev–Trinajstić information content (AvgIpc) is 3.45. The van der Waals surface area contributed by atoms with Gasteiger partial charge in [0.05, 0.1) is 5.69 Å². The third kappa shape index (κ3) is 10.1. The van der Waals surface area contributed by atoms with E-state index in [1.807, 2.05) is 61.1 Å². The quantitative estimate of drug-likeness (QED) is 0.176. The molecule has 0 unspecified atom stereocenters. The van der Waals surface area contributed by atoms with E-state index in [4.69, 9.17) is 26.9 Å². The molecular weight excluding hydrogens is 525 g/mol. The lowest BCUT2D eigenvalue weighted by atomic mass is 9.80. The van der Waals surface area contributed by atoms with E-state index in [1.54, 1.807) is 30.5 Å². The molecule has 0 amide bonds. The van der Waals surface area contributed by atoms with Gasteiger partial charge in [0.1, 0.15) is 23.3 Å².